The Morgan fingerprint density at radius 2 is 1.88 bits per heavy atom. The summed E-state index contributed by atoms with van der Waals surface area (Å²) < 4.78 is 5.29. The second-order valence-electron chi connectivity index (χ2n) is 8.77. The first kappa shape index (κ1) is 22.5. The molecule has 3 atom stereocenters. The molecule has 2 heterocycles. The van der Waals surface area contributed by atoms with E-state index < -0.39 is 5.92 Å². The van der Waals surface area contributed by atoms with Crippen LogP contribution in [0.5, 0.6) is 0 Å². The van der Waals surface area contributed by atoms with Crippen molar-refractivity contribution < 1.29 is 14.3 Å². The second kappa shape index (κ2) is 10.3. The summed E-state index contributed by atoms with van der Waals surface area (Å²) in [6.07, 6.45) is 3.35. The van der Waals surface area contributed by atoms with Crippen LogP contribution in [-0.2, 0) is 9.53 Å². The molecule has 0 aromatic heterocycles. The Morgan fingerprint density at radius 3 is 2.59 bits per heavy atom. The van der Waals surface area contributed by atoms with Crippen molar-refractivity contribution in [3.05, 3.63) is 71.3 Å². The number of rotatable bonds is 8. The zero-order valence-corrected chi connectivity index (χ0v) is 19.0. The molecule has 1 fully saturated rings. The summed E-state index contributed by atoms with van der Waals surface area (Å²) in [6.45, 7) is 2.61. The Hall–Kier alpha value is -2.70. The van der Waals surface area contributed by atoms with Gasteiger partial charge in [0.2, 0.25) is 5.91 Å². The number of benzene rings is 2. The first-order valence-corrected chi connectivity index (χ1v) is 11.5. The highest BCUT2D eigenvalue weighted by Gasteiger charge is 2.43. The van der Waals surface area contributed by atoms with Gasteiger partial charge in [-0.15, -0.1) is 0 Å². The summed E-state index contributed by atoms with van der Waals surface area (Å²) in [6, 6.07) is 17.5. The van der Waals surface area contributed by atoms with Gasteiger partial charge in [0.1, 0.15) is 0 Å². The van der Waals surface area contributed by atoms with Crippen LogP contribution < -0.4 is 5.32 Å². The average molecular weight is 436 g/mol. The van der Waals surface area contributed by atoms with E-state index in [2.05, 4.69) is 17.3 Å². The van der Waals surface area contributed by atoms with E-state index >= 15 is 0 Å². The SMILES string of the molecule is COCCN1C(=O)c2ccccc2[C@H](C(=O)NCC[C@@H]2CCCN2C)[C@H]1c1ccccc1. The molecule has 0 saturated carbocycles. The highest BCUT2D eigenvalue weighted by Crippen LogP contribution is 2.42. The smallest absolute Gasteiger partial charge is 0.254 e. The van der Waals surface area contributed by atoms with Crippen molar-refractivity contribution in [2.24, 2.45) is 0 Å². The number of amides is 2. The van der Waals surface area contributed by atoms with Crippen LogP contribution in [0.15, 0.2) is 54.6 Å². The summed E-state index contributed by atoms with van der Waals surface area (Å²) in [4.78, 5) is 31.2. The molecule has 2 aliphatic rings. The molecule has 1 N–H and O–H groups in total. The van der Waals surface area contributed by atoms with E-state index in [-0.39, 0.29) is 17.9 Å². The molecule has 4 rings (SSSR count). The van der Waals surface area contributed by atoms with Crippen LogP contribution in [-0.4, -0.2) is 68.1 Å². The van der Waals surface area contributed by atoms with Crippen LogP contribution in [0, 0.1) is 0 Å². The Kier molecular flexibility index (Phi) is 7.22. The molecule has 6 heteroatoms. The normalized spacial score (nSPS) is 23.2. The molecule has 2 aromatic rings. The summed E-state index contributed by atoms with van der Waals surface area (Å²) in [5.41, 5.74) is 2.36. The average Bonchev–Trinajstić information content (AvgIpc) is 3.23. The molecule has 32 heavy (non-hydrogen) atoms. The number of likely N-dealkylation sites (tertiary alicyclic amines) is 1. The lowest BCUT2D eigenvalue weighted by atomic mass is 9.79. The number of nitrogens with one attached hydrogen (secondary N) is 1. The first-order valence-electron chi connectivity index (χ1n) is 11.5. The van der Waals surface area contributed by atoms with E-state index in [9.17, 15) is 9.59 Å². The quantitative estimate of drug-likeness (QED) is 0.692. The summed E-state index contributed by atoms with van der Waals surface area (Å²) >= 11 is 0. The molecular formula is C26H33N3O3. The maximum Gasteiger partial charge on any atom is 0.254 e. The van der Waals surface area contributed by atoms with Gasteiger partial charge in [0, 0.05) is 31.8 Å². The van der Waals surface area contributed by atoms with Crippen molar-refractivity contribution in [3.8, 4) is 0 Å². The van der Waals surface area contributed by atoms with Crippen LogP contribution in [0.4, 0.5) is 0 Å². The number of carbonyl (C=O) groups excluding carboxylic acids is 2. The monoisotopic (exact) mass is 435 g/mol. The maximum absolute atomic E-state index is 13.6. The van der Waals surface area contributed by atoms with Crippen LogP contribution in [0.1, 0.15) is 52.7 Å². The number of hydrogen-bond acceptors (Lipinski definition) is 4. The highest BCUT2D eigenvalue weighted by atomic mass is 16.5. The Balaban J connectivity index is 1.64. The lowest BCUT2D eigenvalue weighted by molar-refractivity contribution is -0.124. The van der Waals surface area contributed by atoms with Gasteiger partial charge in [-0.25, -0.2) is 0 Å². The number of ether oxygens (including phenoxy) is 1. The lowest BCUT2D eigenvalue weighted by Gasteiger charge is -2.41. The fraction of sp³-hybridized carbons (Fsp3) is 0.462. The Morgan fingerprint density at radius 1 is 1.12 bits per heavy atom. The number of fused-ring (bicyclic) bond motifs is 1. The summed E-state index contributed by atoms with van der Waals surface area (Å²) in [7, 11) is 3.78. The summed E-state index contributed by atoms with van der Waals surface area (Å²) in [5, 5.41) is 3.20. The van der Waals surface area contributed by atoms with Gasteiger partial charge in [0.15, 0.2) is 0 Å². The standard InChI is InChI=1S/C26H33N3O3/c1-28-16-8-11-20(28)14-15-27-25(30)23-21-12-6-7-13-22(21)26(31)29(17-18-32-2)24(23)19-9-4-3-5-10-19/h3-7,9-10,12-13,20,23-24H,8,11,14-18H2,1-2H3,(H,27,30)/t20-,23-,24+/m0/s1. The topological polar surface area (TPSA) is 61.9 Å². The number of nitrogens with zero attached hydrogens (tertiary/aromatic N) is 2. The van der Waals surface area contributed by atoms with E-state index in [4.69, 9.17) is 4.74 Å². The van der Waals surface area contributed by atoms with Gasteiger partial charge >= 0.3 is 0 Å². The van der Waals surface area contributed by atoms with Crippen molar-refractivity contribution in [2.75, 3.05) is 40.4 Å². The van der Waals surface area contributed by atoms with Crippen molar-refractivity contribution in [3.63, 3.8) is 0 Å². The molecule has 0 radical (unpaired) electrons. The molecule has 0 bridgehead atoms. The maximum atomic E-state index is 13.6. The molecule has 1 saturated heterocycles. The van der Waals surface area contributed by atoms with E-state index in [0.717, 1.165) is 24.1 Å². The van der Waals surface area contributed by atoms with Crippen LogP contribution in [0.25, 0.3) is 0 Å². The van der Waals surface area contributed by atoms with Gasteiger partial charge < -0.3 is 19.9 Å². The zero-order chi connectivity index (χ0) is 22.5. The van der Waals surface area contributed by atoms with Gasteiger partial charge in [-0.05, 0) is 50.0 Å². The van der Waals surface area contributed by atoms with Gasteiger partial charge in [0.25, 0.3) is 5.91 Å². The summed E-state index contributed by atoms with van der Waals surface area (Å²) in [5.74, 6) is -0.547. The predicted octanol–water partition coefficient (Wildman–Crippen LogP) is 3.21. The predicted molar refractivity (Wildman–Crippen MR) is 125 cm³/mol. The van der Waals surface area contributed by atoms with Crippen molar-refractivity contribution in [1.82, 2.24) is 15.1 Å². The molecule has 0 spiro atoms. The van der Waals surface area contributed by atoms with Crippen LogP contribution in [0.3, 0.4) is 0 Å². The van der Waals surface area contributed by atoms with Crippen molar-refractivity contribution in [2.45, 2.75) is 37.3 Å². The van der Waals surface area contributed by atoms with Gasteiger partial charge in [-0.3, -0.25) is 9.59 Å². The van der Waals surface area contributed by atoms with Gasteiger partial charge in [-0.1, -0.05) is 48.5 Å². The van der Waals surface area contributed by atoms with E-state index in [1.165, 1.54) is 12.8 Å². The zero-order valence-electron chi connectivity index (χ0n) is 19.0. The van der Waals surface area contributed by atoms with Crippen LogP contribution in [0.2, 0.25) is 0 Å². The third kappa shape index (κ3) is 4.57. The van der Waals surface area contributed by atoms with E-state index in [1.54, 1.807) is 12.0 Å². The van der Waals surface area contributed by atoms with Crippen molar-refractivity contribution >= 4 is 11.8 Å². The second-order valence-corrected chi connectivity index (χ2v) is 8.77. The minimum absolute atomic E-state index is 0.0260. The van der Waals surface area contributed by atoms with E-state index in [0.29, 0.717) is 31.3 Å². The molecule has 0 unspecified atom stereocenters. The fourth-order valence-electron chi connectivity index (χ4n) is 5.15. The van der Waals surface area contributed by atoms with Crippen LogP contribution >= 0.6 is 0 Å². The van der Waals surface area contributed by atoms with Gasteiger partial charge in [-0.2, -0.15) is 0 Å². The minimum Gasteiger partial charge on any atom is -0.383 e. The molecule has 6 nitrogen and oxygen atoms in total. The van der Waals surface area contributed by atoms with Gasteiger partial charge in [0.05, 0.1) is 18.6 Å². The molecule has 2 aromatic carbocycles. The third-order valence-electron chi connectivity index (χ3n) is 6.85. The highest BCUT2D eigenvalue weighted by molar-refractivity contribution is 6.01. The number of methoxy groups -OCH3 is 1. The van der Waals surface area contributed by atoms with Crippen molar-refractivity contribution in [1.29, 1.82) is 0 Å². The molecule has 0 aliphatic carbocycles. The number of hydrogen-bond donors (Lipinski definition) is 1. The number of carbonyl (C=O) groups is 2. The molecular weight excluding hydrogens is 402 g/mol. The third-order valence-corrected chi connectivity index (χ3v) is 6.85. The molecule has 170 valence electrons. The lowest BCUT2D eigenvalue weighted by Crippen LogP contribution is -2.48. The minimum atomic E-state index is -0.468. The fourth-order valence-corrected chi connectivity index (χ4v) is 5.15. The largest absolute Gasteiger partial charge is 0.383 e. The Bertz CT molecular complexity index is 933. The van der Waals surface area contributed by atoms with E-state index in [1.807, 2.05) is 54.6 Å². The first-order chi connectivity index (χ1) is 15.6. The molecule has 2 aliphatic heterocycles. The molecule has 2 amide bonds. The Labute approximate surface area is 190 Å².